The average molecular weight is 496 g/mol. The summed E-state index contributed by atoms with van der Waals surface area (Å²) in [6, 6.07) is 15.4. The molecule has 0 fully saturated rings. The van der Waals surface area contributed by atoms with Gasteiger partial charge in [0.05, 0.1) is 29.2 Å². The molecule has 0 heterocycles. The first-order chi connectivity index (χ1) is 16.8. The normalized spacial score (nSPS) is 10.9. The van der Waals surface area contributed by atoms with Crippen molar-refractivity contribution in [3.63, 3.8) is 0 Å². The molecule has 0 aliphatic carbocycles. The number of aryl methyl sites for hydroxylation is 2. The third-order valence-electron chi connectivity index (χ3n) is 5.11. The monoisotopic (exact) mass is 495 g/mol. The fourth-order valence-electron chi connectivity index (χ4n) is 3.37. The first-order valence-electron chi connectivity index (χ1n) is 11.0. The lowest BCUT2D eigenvalue weighted by Gasteiger charge is -2.14. The van der Waals surface area contributed by atoms with E-state index in [9.17, 15) is 14.9 Å². The van der Waals surface area contributed by atoms with E-state index >= 15 is 0 Å². The van der Waals surface area contributed by atoms with Gasteiger partial charge in [-0.1, -0.05) is 35.4 Å². The van der Waals surface area contributed by atoms with Crippen molar-refractivity contribution < 1.29 is 19.2 Å². The zero-order chi connectivity index (χ0) is 25.4. The van der Waals surface area contributed by atoms with E-state index in [0.717, 1.165) is 22.3 Å². The highest BCUT2D eigenvalue weighted by Gasteiger charge is 2.13. The maximum atomic E-state index is 12.3. The van der Waals surface area contributed by atoms with Crippen molar-refractivity contribution in [1.29, 1.82) is 0 Å². The summed E-state index contributed by atoms with van der Waals surface area (Å²) < 4.78 is 11.5. The van der Waals surface area contributed by atoms with Crippen molar-refractivity contribution in [2.45, 2.75) is 33.8 Å². The van der Waals surface area contributed by atoms with Gasteiger partial charge in [-0.15, -0.1) is 0 Å². The minimum Gasteiger partial charge on any atom is -0.490 e. The molecule has 35 heavy (non-hydrogen) atoms. The molecule has 3 rings (SSSR count). The van der Waals surface area contributed by atoms with E-state index in [4.69, 9.17) is 21.1 Å². The Morgan fingerprint density at radius 3 is 2.51 bits per heavy atom. The standard InChI is InChI=1S/C26H26ClN3O5/c1-4-34-24-13-20(15-28-29-25(31)14-21-8-5-17(2)11-18(21)3)12-23(27)26(24)35-16-19-6-9-22(10-7-19)30(32)33/h5-13,15H,4,14,16H2,1-3H3,(H,29,31)/b28-15-. The molecule has 0 saturated heterocycles. The number of nitrogens with one attached hydrogen (secondary N) is 1. The topological polar surface area (TPSA) is 103 Å². The largest absolute Gasteiger partial charge is 0.490 e. The van der Waals surface area contributed by atoms with E-state index in [-0.39, 0.29) is 24.6 Å². The van der Waals surface area contributed by atoms with Crippen molar-refractivity contribution in [3.05, 3.63) is 97.6 Å². The van der Waals surface area contributed by atoms with E-state index in [1.54, 1.807) is 24.3 Å². The van der Waals surface area contributed by atoms with Crippen LogP contribution in [0.15, 0.2) is 59.7 Å². The lowest BCUT2D eigenvalue weighted by atomic mass is 10.0. The molecule has 182 valence electrons. The van der Waals surface area contributed by atoms with Gasteiger partial charge in [0.2, 0.25) is 5.91 Å². The second-order valence-corrected chi connectivity index (χ2v) is 8.28. The number of rotatable bonds is 10. The van der Waals surface area contributed by atoms with Crippen molar-refractivity contribution in [3.8, 4) is 11.5 Å². The fraction of sp³-hybridized carbons (Fsp3) is 0.231. The Labute approximate surface area is 208 Å². The molecule has 0 unspecified atom stereocenters. The second kappa shape index (κ2) is 12.0. The van der Waals surface area contributed by atoms with Gasteiger partial charge in [0.25, 0.3) is 5.69 Å². The van der Waals surface area contributed by atoms with Gasteiger partial charge < -0.3 is 9.47 Å². The molecular formula is C26H26ClN3O5. The number of nitro groups is 1. The van der Waals surface area contributed by atoms with E-state index in [1.807, 2.05) is 39.0 Å². The van der Waals surface area contributed by atoms with Gasteiger partial charge in [-0.05, 0) is 67.3 Å². The first-order valence-corrected chi connectivity index (χ1v) is 11.3. The summed E-state index contributed by atoms with van der Waals surface area (Å²) in [6.45, 7) is 6.36. The minimum atomic E-state index is -0.457. The van der Waals surface area contributed by atoms with Crippen LogP contribution in [0.25, 0.3) is 0 Å². The van der Waals surface area contributed by atoms with Gasteiger partial charge in [0.15, 0.2) is 11.5 Å². The number of hydrazone groups is 1. The number of hydrogen-bond donors (Lipinski definition) is 1. The van der Waals surface area contributed by atoms with Gasteiger partial charge >= 0.3 is 0 Å². The summed E-state index contributed by atoms with van der Waals surface area (Å²) in [4.78, 5) is 22.6. The summed E-state index contributed by atoms with van der Waals surface area (Å²) >= 11 is 6.44. The van der Waals surface area contributed by atoms with Crippen LogP contribution in [0.4, 0.5) is 5.69 Å². The molecule has 0 radical (unpaired) electrons. The predicted octanol–water partition coefficient (Wildman–Crippen LogP) is 5.54. The van der Waals surface area contributed by atoms with Gasteiger partial charge in [-0.3, -0.25) is 14.9 Å². The Morgan fingerprint density at radius 2 is 1.86 bits per heavy atom. The zero-order valence-electron chi connectivity index (χ0n) is 19.7. The highest BCUT2D eigenvalue weighted by molar-refractivity contribution is 6.32. The lowest BCUT2D eigenvalue weighted by Crippen LogP contribution is -2.20. The van der Waals surface area contributed by atoms with Crippen LogP contribution in [0.5, 0.6) is 11.5 Å². The molecule has 0 aromatic heterocycles. The van der Waals surface area contributed by atoms with E-state index < -0.39 is 4.92 Å². The molecule has 1 amide bonds. The summed E-state index contributed by atoms with van der Waals surface area (Å²) in [7, 11) is 0. The van der Waals surface area contributed by atoms with Crippen LogP contribution in [-0.4, -0.2) is 23.7 Å². The molecule has 0 saturated carbocycles. The number of hydrogen-bond acceptors (Lipinski definition) is 6. The molecular weight excluding hydrogens is 470 g/mol. The Balaban J connectivity index is 1.66. The van der Waals surface area contributed by atoms with Gasteiger partial charge in [-0.2, -0.15) is 5.10 Å². The SMILES string of the molecule is CCOc1cc(/C=N\NC(=O)Cc2ccc(C)cc2C)cc(Cl)c1OCc1ccc([N+](=O)[O-])cc1. The quantitative estimate of drug-likeness (QED) is 0.226. The Hall–Kier alpha value is -3.91. The lowest BCUT2D eigenvalue weighted by molar-refractivity contribution is -0.384. The van der Waals surface area contributed by atoms with Gasteiger partial charge in [0, 0.05) is 12.1 Å². The molecule has 3 aromatic carbocycles. The maximum absolute atomic E-state index is 12.3. The van der Waals surface area contributed by atoms with Crippen LogP contribution in [0.2, 0.25) is 5.02 Å². The summed E-state index contributed by atoms with van der Waals surface area (Å²) in [5, 5.41) is 15.2. The van der Waals surface area contributed by atoms with Gasteiger partial charge in [0.1, 0.15) is 6.61 Å². The summed E-state index contributed by atoms with van der Waals surface area (Å²) in [5.74, 6) is 0.542. The molecule has 8 nitrogen and oxygen atoms in total. The van der Waals surface area contributed by atoms with Crippen LogP contribution in [0.3, 0.4) is 0 Å². The Kier molecular flexibility index (Phi) is 8.80. The number of carbonyl (C=O) groups excluding carboxylic acids is 1. The maximum Gasteiger partial charge on any atom is 0.269 e. The molecule has 1 N–H and O–H groups in total. The summed E-state index contributed by atoms with van der Waals surface area (Å²) in [5.41, 5.74) is 7.05. The van der Waals surface area contributed by atoms with Crippen LogP contribution in [0.1, 0.15) is 34.7 Å². The number of ether oxygens (including phenoxy) is 2. The highest BCUT2D eigenvalue weighted by atomic mass is 35.5. The third kappa shape index (κ3) is 7.28. The predicted molar refractivity (Wildman–Crippen MR) is 135 cm³/mol. The van der Waals surface area contributed by atoms with Crippen molar-refractivity contribution in [2.24, 2.45) is 5.10 Å². The molecule has 0 aliphatic heterocycles. The number of nitrogens with zero attached hydrogens (tertiary/aromatic N) is 2. The zero-order valence-corrected chi connectivity index (χ0v) is 20.5. The number of benzene rings is 3. The molecule has 0 bridgehead atoms. The van der Waals surface area contributed by atoms with Crippen molar-refractivity contribution in [2.75, 3.05) is 6.61 Å². The smallest absolute Gasteiger partial charge is 0.269 e. The van der Waals surface area contributed by atoms with E-state index in [0.29, 0.717) is 28.7 Å². The second-order valence-electron chi connectivity index (χ2n) is 7.88. The molecule has 0 spiro atoms. The molecule has 3 aromatic rings. The fourth-order valence-corrected chi connectivity index (χ4v) is 3.64. The van der Waals surface area contributed by atoms with Crippen LogP contribution in [-0.2, 0) is 17.8 Å². The van der Waals surface area contributed by atoms with E-state index in [2.05, 4.69) is 10.5 Å². The van der Waals surface area contributed by atoms with Crippen molar-refractivity contribution in [1.82, 2.24) is 5.43 Å². The van der Waals surface area contributed by atoms with Gasteiger partial charge in [-0.25, -0.2) is 5.43 Å². The number of amides is 1. The van der Waals surface area contributed by atoms with E-state index in [1.165, 1.54) is 18.3 Å². The van der Waals surface area contributed by atoms with Crippen LogP contribution in [0, 0.1) is 24.0 Å². The minimum absolute atomic E-state index is 0.00604. The average Bonchev–Trinajstić information content (AvgIpc) is 2.81. The first kappa shape index (κ1) is 25.7. The highest BCUT2D eigenvalue weighted by Crippen LogP contribution is 2.37. The molecule has 0 atom stereocenters. The summed E-state index contributed by atoms with van der Waals surface area (Å²) in [6.07, 6.45) is 1.71. The third-order valence-corrected chi connectivity index (χ3v) is 5.39. The molecule has 0 aliphatic rings. The van der Waals surface area contributed by atoms with Crippen LogP contribution >= 0.6 is 11.6 Å². The Bertz CT molecular complexity index is 1240. The number of carbonyl (C=O) groups is 1. The van der Waals surface area contributed by atoms with Crippen LogP contribution < -0.4 is 14.9 Å². The molecule has 9 heteroatoms. The van der Waals surface area contributed by atoms with Crippen molar-refractivity contribution >= 4 is 29.4 Å². The number of non-ortho nitro benzene ring substituents is 1. The number of nitro benzene ring substituents is 1. The Morgan fingerprint density at radius 1 is 1.11 bits per heavy atom. The number of halogens is 1.